The third-order valence-electron chi connectivity index (χ3n) is 3.57. The van der Waals surface area contributed by atoms with Gasteiger partial charge in [-0.3, -0.25) is 9.63 Å². The molecule has 0 aliphatic heterocycles. The van der Waals surface area contributed by atoms with Gasteiger partial charge in [-0.05, 0) is 37.1 Å². The highest BCUT2D eigenvalue weighted by atomic mass is 32.2. The minimum atomic E-state index is -4.05. The fourth-order valence-electron chi connectivity index (χ4n) is 2.36. The van der Waals surface area contributed by atoms with Gasteiger partial charge >= 0.3 is 5.97 Å². The van der Waals surface area contributed by atoms with Gasteiger partial charge in [0.25, 0.3) is 15.9 Å². The third-order valence-corrected chi connectivity index (χ3v) is 4.80. The smallest absolute Gasteiger partial charge is 0.334 e. The molecule has 0 saturated heterocycles. The molecule has 1 aliphatic rings. The summed E-state index contributed by atoms with van der Waals surface area (Å²) in [6.45, 7) is -1.17. The number of ether oxygens (including phenoxy) is 1. The van der Waals surface area contributed by atoms with E-state index in [1.807, 2.05) is 0 Å². The summed E-state index contributed by atoms with van der Waals surface area (Å²) in [7, 11) is -4.05. The van der Waals surface area contributed by atoms with Crippen molar-refractivity contribution in [1.29, 1.82) is 0 Å². The maximum absolute atomic E-state index is 12.8. The number of esters is 1. The Morgan fingerprint density at radius 1 is 1.12 bits per heavy atom. The molecule has 1 saturated carbocycles. The van der Waals surface area contributed by atoms with Gasteiger partial charge in [-0.2, -0.15) is 0 Å². The molecule has 138 valence electrons. The molecule has 2 N–H and O–H groups in total. The van der Waals surface area contributed by atoms with Crippen molar-refractivity contribution in [1.82, 2.24) is 10.2 Å². The lowest BCUT2D eigenvalue weighted by molar-refractivity contribution is -0.154. The normalized spacial score (nSPS) is 15.1. The molecule has 1 amide bonds. The molecule has 0 bridgehead atoms. The van der Waals surface area contributed by atoms with E-state index < -0.39 is 40.9 Å². The topological polar surface area (TPSA) is 111 Å². The third kappa shape index (κ3) is 6.40. The first-order valence-electron chi connectivity index (χ1n) is 7.71. The molecular weight excluding hydrogens is 355 g/mol. The number of benzene rings is 1. The highest BCUT2D eigenvalue weighted by molar-refractivity contribution is 7.89. The van der Waals surface area contributed by atoms with Crippen LogP contribution in [-0.2, 0) is 29.2 Å². The van der Waals surface area contributed by atoms with Gasteiger partial charge in [-0.15, -0.1) is 0 Å². The molecule has 0 heterocycles. The Kier molecular flexibility index (Phi) is 6.85. The Bertz CT molecular complexity index is 701. The SMILES string of the molecule is O=C(COC(=O)CONS(=O)(=O)c1ccc(F)cc1)NC1CCCC1. The zero-order valence-electron chi connectivity index (χ0n) is 13.4. The summed E-state index contributed by atoms with van der Waals surface area (Å²) in [6, 6.07) is 4.17. The van der Waals surface area contributed by atoms with E-state index in [-0.39, 0.29) is 10.9 Å². The van der Waals surface area contributed by atoms with Gasteiger partial charge in [0.1, 0.15) is 5.82 Å². The highest BCUT2D eigenvalue weighted by Gasteiger charge is 2.18. The van der Waals surface area contributed by atoms with E-state index in [9.17, 15) is 22.4 Å². The minimum Gasteiger partial charge on any atom is -0.454 e. The van der Waals surface area contributed by atoms with Gasteiger partial charge in [0.05, 0.1) is 4.90 Å². The van der Waals surface area contributed by atoms with E-state index in [1.165, 1.54) is 0 Å². The van der Waals surface area contributed by atoms with Crippen LogP contribution in [0.3, 0.4) is 0 Å². The first-order valence-corrected chi connectivity index (χ1v) is 9.19. The molecule has 0 aromatic heterocycles. The Hall–Kier alpha value is -2.04. The molecule has 2 rings (SSSR count). The van der Waals surface area contributed by atoms with Gasteiger partial charge in [0.2, 0.25) is 0 Å². The molecule has 1 aromatic rings. The second kappa shape index (κ2) is 8.88. The van der Waals surface area contributed by atoms with Crippen LogP contribution in [0.1, 0.15) is 25.7 Å². The zero-order valence-corrected chi connectivity index (χ0v) is 14.2. The molecule has 0 atom stereocenters. The van der Waals surface area contributed by atoms with E-state index in [1.54, 1.807) is 4.89 Å². The number of hydrogen-bond donors (Lipinski definition) is 2. The lowest BCUT2D eigenvalue weighted by Crippen LogP contribution is -2.36. The molecule has 0 unspecified atom stereocenters. The van der Waals surface area contributed by atoms with Crippen molar-refractivity contribution < 1.29 is 32.0 Å². The van der Waals surface area contributed by atoms with Crippen LogP contribution in [0.15, 0.2) is 29.2 Å². The lowest BCUT2D eigenvalue weighted by Gasteiger charge is -2.12. The number of carbonyl (C=O) groups is 2. The standard InChI is InChI=1S/C15H19FN2O6S/c16-11-5-7-13(8-6-11)25(21,22)18-24-10-15(20)23-9-14(19)17-12-3-1-2-4-12/h5-8,12,18H,1-4,9-10H2,(H,17,19). The number of rotatable bonds is 8. The average Bonchev–Trinajstić information content (AvgIpc) is 3.06. The number of sulfonamides is 1. The van der Waals surface area contributed by atoms with Gasteiger partial charge in [0.15, 0.2) is 13.2 Å². The van der Waals surface area contributed by atoms with Crippen LogP contribution in [0.5, 0.6) is 0 Å². The molecular formula is C15H19FN2O6S. The number of hydrogen-bond acceptors (Lipinski definition) is 6. The maximum Gasteiger partial charge on any atom is 0.334 e. The fourth-order valence-corrected chi connectivity index (χ4v) is 3.16. The lowest BCUT2D eigenvalue weighted by atomic mass is 10.2. The molecule has 0 radical (unpaired) electrons. The van der Waals surface area contributed by atoms with E-state index in [4.69, 9.17) is 0 Å². The molecule has 1 fully saturated rings. The van der Waals surface area contributed by atoms with Gasteiger partial charge in [0, 0.05) is 6.04 Å². The summed E-state index contributed by atoms with van der Waals surface area (Å²) >= 11 is 0. The van der Waals surface area contributed by atoms with E-state index >= 15 is 0 Å². The van der Waals surface area contributed by atoms with Crippen molar-refractivity contribution in [3.8, 4) is 0 Å². The summed E-state index contributed by atoms with van der Waals surface area (Å²) in [4.78, 5) is 29.1. The van der Waals surface area contributed by atoms with Gasteiger partial charge in [-0.1, -0.05) is 17.7 Å². The van der Waals surface area contributed by atoms with Crippen LogP contribution in [-0.4, -0.2) is 39.5 Å². The summed E-state index contributed by atoms with van der Waals surface area (Å²) in [5, 5.41) is 2.74. The summed E-state index contributed by atoms with van der Waals surface area (Å²) in [6.07, 6.45) is 3.95. The largest absolute Gasteiger partial charge is 0.454 e. The van der Waals surface area contributed by atoms with Gasteiger partial charge < -0.3 is 10.1 Å². The first-order chi connectivity index (χ1) is 11.9. The Morgan fingerprint density at radius 2 is 1.76 bits per heavy atom. The van der Waals surface area contributed by atoms with Crippen LogP contribution < -0.4 is 10.2 Å². The van der Waals surface area contributed by atoms with Gasteiger partial charge in [-0.25, -0.2) is 17.6 Å². The van der Waals surface area contributed by atoms with E-state index in [0.29, 0.717) is 0 Å². The molecule has 8 nitrogen and oxygen atoms in total. The molecule has 10 heteroatoms. The Labute approximate surface area is 144 Å². The quantitative estimate of drug-likeness (QED) is 0.510. The highest BCUT2D eigenvalue weighted by Crippen LogP contribution is 2.17. The number of halogens is 1. The van der Waals surface area contributed by atoms with Crippen molar-refractivity contribution in [3.63, 3.8) is 0 Å². The monoisotopic (exact) mass is 374 g/mol. The van der Waals surface area contributed by atoms with Crippen LogP contribution >= 0.6 is 0 Å². The zero-order chi connectivity index (χ0) is 18.3. The van der Waals surface area contributed by atoms with Crippen molar-refractivity contribution in [2.24, 2.45) is 0 Å². The average molecular weight is 374 g/mol. The Balaban J connectivity index is 1.67. The molecule has 0 spiro atoms. The minimum absolute atomic E-state index is 0.116. The van der Waals surface area contributed by atoms with Crippen LogP contribution in [0.2, 0.25) is 0 Å². The molecule has 1 aromatic carbocycles. The van der Waals surface area contributed by atoms with E-state index in [2.05, 4.69) is 14.9 Å². The maximum atomic E-state index is 12.8. The van der Waals surface area contributed by atoms with Crippen LogP contribution in [0, 0.1) is 5.82 Å². The van der Waals surface area contributed by atoms with Crippen molar-refractivity contribution in [3.05, 3.63) is 30.1 Å². The summed E-state index contributed by atoms with van der Waals surface area (Å²) in [5.41, 5.74) is 0. The summed E-state index contributed by atoms with van der Waals surface area (Å²) in [5.74, 6) is -1.89. The second-order valence-electron chi connectivity index (χ2n) is 5.54. The first kappa shape index (κ1) is 19.3. The van der Waals surface area contributed by atoms with Crippen molar-refractivity contribution in [2.75, 3.05) is 13.2 Å². The Morgan fingerprint density at radius 3 is 2.40 bits per heavy atom. The molecule has 25 heavy (non-hydrogen) atoms. The van der Waals surface area contributed by atoms with E-state index in [0.717, 1.165) is 49.9 Å². The number of amides is 1. The predicted molar refractivity (Wildman–Crippen MR) is 84.0 cm³/mol. The van der Waals surface area contributed by atoms with Crippen LogP contribution in [0.25, 0.3) is 0 Å². The van der Waals surface area contributed by atoms with Crippen molar-refractivity contribution in [2.45, 2.75) is 36.6 Å². The van der Waals surface area contributed by atoms with Crippen molar-refractivity contribution >= 4 is 21.9 Å². The number of carbonyl (C=O) groups excluding carboxylic acids is 2. The second-order valence-corrected chi connectivity index (χ2v) is 7.18. The van der Waals surface area contributed by atoms with Crippen LogP contribution in [0.4, 0.5) is 4.39 Å². The predicted octanol–water partition coefficient (Wildman–Crippen LogP) is 0.638. The number of nitrogens with one attached hydrogen (secondary N) is 2. The fraction of sp³-hybridized carbons (Fsp3) is 0.467. The molecule has 1 aliphatic carbocycles. The summed E-state index contributed by atoms with van der Waals surface area (Å²) < 4.78 is 41.1.